The molecule has 2 atom stereocenters. The second-order valence-electron chi connectivity index (χ2n) is 8.77. The maximum atomic E-state index is 13.7. The van der Waals surface area contributed by atoms with Crippen molar-refractivity contribution in [1.29, 1.82) is 0 Å². The molecule has 0 unspecified atom stereocenters. The molecule has 4 rings (SSSR count). The van der Waals surface area contributed by atoms with Gasteiger partial charge in [0.2, 0.25) is 5.90 Å². The van der Waals surface area contributed by atoms with Crippen LogP contribution in [-0.4, -0.2) is 35.7 Å². The molecule has 0 spiro atoms. The van der Waals surface area contributed by atoms with Crippen LogP contribution < -0.4 is 15.6 Å². The Labute approximate surface area is 229 Å². The van der Waals surface area contributed by atoms with Gasteiger partial charge >= 0.3 is 0 Å². The highest BCUT2D eigenvalue weighted by Gasteiger charge is 2.52. The van der Waals surface area contributed by atoms with Crippen LogP contribution in [0.5, 0.6) is 5.75 Å². The average molecular weight is 582 g/mol. The van der Waals surface area contributed by atoms with E-state index in [1.54, 1.807) is 30.3 Å². The number of carbonyl (C=O) groups excluding carboxylic acids is 1. The number of rotatable bonds is 12. The van der Waals surface area contributed by atoms with E-state index in [0.29, 0.717) is 35.8 Å². The van der Waals surface area contributed by atoms with Crippen LogP contribution in [0.1, 0.15) is 35.6 Å². The Balaban J connectivity index is 1.61. The topological polar surface area (TPSA) is 92.2 Å². The molecule has 0 aromatic heterocycles. The van der Waals surface area contributed by atoms with E-state index in [4.69, 9.17) is 19.6 Å². The van der Waals surface area contributed by atoms with Crippen molar-refractivity contribution in [3.63, 3.8) is 0 Å². The van der Waals surface area contributed by atoms with Crippen LogP contribution in [-0.2, 0) is 16.1 Å². The molecule has 0 saturated carbocycles. The lowest BCUT2D eigenvalue weighted by Gasteiger charge is -2.29. The highest BCUT2D eigenvalue weighted by Crippen LogP contribution is 2.43. The summed E-state index contributed by atoms with van der Waals surface area (Å²) in [6, 6.07) is 20.9. The second kappa shape index (κ2) is 12.8. The number of halogens is 2. The number of hydrazine groups is 1. The largest absolute Gasteiger partial charge is 0.494 e. The summed E-state index contributed by atoms with van der Waals surface area (Å²) in [6.07, 6.45) is 1.68. The van der Waals surface area contributed by atoms with Crippen molar-refractivity contribution in [3.8, 4) is 5.75 Å². The smallest absolute Gasteiger partial charge is 0.266 e. The van der Waals surface area contributed by atoms with E-state index in [9.17, 15) is 9.18 Å². The number of aliphatic hydroxyl groups is 1. The van der Waals surface area contributed by atoms with E-state index in [2.05, 4.69) is 33.4 Å². The summed E-state index contributed by atoms with van der Waals surface area (Å²) in [6.45, 7) is 4.56. The van der Waals surface area contributed by atoms with E-state index in [-0.39, 0.29) is 25.4 Å². The number of aliphatic imine (C=N–C) groups is 1. The lowest BCUT2D eigenvalue weighted by atomic mass is 9.84. The third-order valence-electron chi connectivity index (χ3n) is 6.04. The number of nitrogens with zero attached hydrogens (tertiary/aromatic N) is 1. The molecule has 0 fully saturated rings. The molecule has 1 amide bonds. The number of aliphatic hydroxyl groups excluding tert-OH is 1. The van der Waals surface area contributed by atoms with Crippen LogP contribution in [0.4, 0.5) is 4.39 Å². The summed E-state index contributed by atoms with van der Waals surface area (Å²) >= 11 is 3.45. The second-order valence-corrected chi connectivity index (χ2v) is 9.69. The molecule has 1 aliphatic heterocycles. The zero-order chi connectivity index (χ0) is 27.0. The van der Waals surface area contributed by atoms with Crippen molar-refractivity contribution in [2.45, 2.75) is 31.0 Å². The van der Waals surface area contributed by atoms with Gasteiger partial charge in [-0.05, 0) is 59.7 Å². The van der Waals surface area contributed by atoms with Crippen LogP contribution in [0.2, 0.25) is 0 Å². The van der Waals surface area contributed by atoms with Gasteiger partial charge in [-0.2, -0.15) is 0 Å². The summed E-state index contributed by atoms with van der Waals surface area (Å²) in [7, 11) is 0. The van der Waals surface area contributed by atoms with E-state index >= 15 is 0 Å². The molecule has 9 heteroatoms. The Bertz CT molecular complexity index is 1280. The minimum Gasteiger partial charge on any atom is -0.494 e. The van der Waals surface area contributed by atoms with Crippen molar-refractivity contribution in [1.82, 2.24) is 10.9 Å². The minimum absolute atomic E-state index is 0.0602. The first-order chi connectivity index (χ1) is 18.4. The van der Waals surface area contributed by atoms with Crippen LogP contribution in [0.3, 0.4) is 0 Å². The highest BCUT2D eigenvalue weighted by molar-refractivity contribution is 9.10. The summed E-state index contributed by atoms with van der Waals surface area (Å²) in [5.74, 6) is 0.224. The molecular weight excluding hydrogens is 553 g/mol. The molecule has 7 nitrogen and oxygen atoms in total. The summed E-state index contributed by atoms with van der Waals surface area (Å²) in [5.41, 5.74) is 6.44. The predicted octanol–water partition coefficient (Wildman–Crippen LogP) is 5.00. The van der Waals surface area contributed by atoms with Crippen molar-refractivity contribution >= 4 is 27.7 Å². The van der Waals surface area contributed by atoms with Gasteiger partial charge in [0.25, 0.3) is 5.91 Å². The number of carbonyl (C=O) groups is 1. The summed E-state index contributed by atoms with van der Waals surface area (Å²) in [4.78, 5) is 18.5. The third kappa shape index (κ3) is 6.48. The monoisotopic (exact) mass is 581 g/mol. The Morgan fingerprint density at radius 1 is 1.18 bits per heavy atom. The zero-order valence-electron chi connectivity index (χ0n) is 20.7. The summed E-state index contributed by atoms with van der Waals surface area (Å²) < 4.78 is 26.4. The minimum atomic E-state index is -1.34. The lowest BCUT2D eigenvalue weighted by molar-refractivity contribution is -0.129. The van der Waals surface area contributed by atoms with Gasteiger partial charge in [0.05, 0.1) is 6.61 Å². The molecule has 0 radical (unpaired) electrons. The number of nitrogens with one attached hydrogen (secondary N) is 2. The molecule has 1 heterocycles. The Morgan fingerprint density at radius 2 is 1.95 bits per heavy atom. The molecule has 198 valence electrons. The van der Waals surface area contributed by atoms with Crippen molar-refractivity contribution in [2.24, 2.45) is 4.99 Å². The molecular formula is C29H29BrFN3O4. The van der Waals surface area contributed by atoms with Crippen LogP contribution in [0.15, 0.2) is 94.9 Å². The van der Waals surface area contributed by atoms with Gasteiger partial charge in [0.15, 0.2) is 11.6 Å². The quantitative estimate of drug-likeness (QED) is 0.159. The summed E-state index contributed by atoms with van der Waals surface area (Å²) in [5, 5.41) is 8.95. The van der Waals surface area contributed by atoms with E-state index < -0.39 is 17.6 Å². The van der Waals surface area contributed by atoms with Crippen molar-refractivity contribution < 1.29 is 23.8 Å². The van der Waals surface area contributed by atoms with Crippen molar-refractivity contribution in [3.05, 3.63) is 112 Å². The fourth-order valence-corrected chi connectivity index (χ4v) is 4.42. The Morgan fingerprint density at radius 3 is 2.63 bits per heavy atom. The number of hydrogen-bond donors (Lipinski definition) is 3. The zero-order valence-corrected chi connectivity index (χ0v) is 22.3. The average Bonchev–Trinajstić information content (AvgIpc) is 3.30. The van der Waals surface area contributed by atoms with Gasteiger partial charge in [-0.1, -0.05) is 46.3 Å². The van der Waals surface area contributed by atoms with Crippen LogP contribution in [0.25, 0.3) is 0 Å². The molecule has 1 aliphatic rings. The van der Waals surface area contributed by atoms with Crippen molar-refractivity contribution in [2.75, 3.05) is 13.2 Å². The van der Waals surface area contributed by atoms with Crippen LogP contribution >= 0.6 is 15.9 Å². The maximum absolute atomic E-state index is 13.7. The fraction of sp³-hybridized carbons (Fsp3) is 0.241. The highest BCUT2D eigenvalue weighted by atomic mass is 79.9. The first-order valence-electron chi connectivity index (χ1n) is 12.2. The first kappa shape index (κ1) is 27.5. The van der Waals surface area contributed by atoms with Gasteiger partial charge < -0.3 is 14.6 Å². The normalized spacial score (nSPS) is 18.4. The molecule has 3 aromatic carbocycles. The molecule has 38 heavy (non-hydrogen) atoms. The van der Waals surface area contributed by atoms with Gasteiger partial charge in [0, 0.05) is 36.0 Å². The molecule has 0 bridgehead atoms. The SMILES string of the molecule is C=CC[C@]1(C(=O)NNCc2cccc(F)c2)N=C(c2ccc(OCCCO)cc2)O[C@H]1c1ccc(Br)cc1. The third-order valence-corrected chi connectivity index (χ3v) is 6.57. The van der Waals surface area contributed by atoms with E-state index in [1.165, 1.54) is 12.1 Å². The number of hydrogen-bond acceptors (Lipinski definition) is 6. The molecule has 0 aliphatic carbocycles. The lowest BCUT2D eigenvalue weighted by Crippen LogP contribution is -2.52. The van der Waals surface area contributed by atoms with Gasteiger partial charge in [-0.15, -0.1) is 6.58 Å². The Kier molecular flexibility index (Phi) is 9.28. The fourth-order valence-electron chi connectivity index (χ4n) is 4.15. The number of benzene rings is 3. The van der Waals surface area contributed by atoms with E-state index in [0.717, 1.165) is 10.0 Å². The molecule has 3 aromatic rings. The maximum Gasteiger partial charge on any atom is 0.266 e. The number of amides is 1. The van der Waals surface area contributed by atoms with Gasteiger partial charge in [0.1, 0.15) is 11.6 Å². The van der Waals surface area contributed by atoms with Crippen LogP contribution in [0, 0.1) is 5.82 Å². The predicted molar refractivity (Wildman–Crippen MR) is 147 cm³/mol. The molecule has 0 saturated heterocycles. The standard InChI is InChI=1S/C29H29BrFN3O4/c1-2-15-29(28(36)34-32-19-20-5-3-6-24(31)18-20)26(21-7-11-23(30)12-8-21)38-27(33-29)22-9-13-25(14-10-22)37-17-4-16-35/h2-3,5-14,18,26,32,35H,1,4,15-17,19H2,(H,34,36)/t26-,29-/m0/s1. The van der Waals surface area contributed by atoms with Gasteiger partial charge in [-0.25, -0.2) is 14.8 Å². The Hall–Kier alpha value is -3.53. The molecule has 3 N–H and O–H groups in total. The van der Waals surface area contributed by atoms with Gasteiger partial charge in [-0.3, -0.25) is 10.2 Å². The first-order valence-corrected chi connectivity index (χ1v) is 13.0. The van der Waals surface area contributed by atoms with E-state index in [1.807, 2.05) is 36.4 Å². The number of ether oxygens (including phenoxy) is 2.